The van der Waals surface area contributed by atoms with E-state index in [9.17, 15) is 9.59 Å². The second-order valence-electron chi connectivity index (χ2n) is 8.15. The van der Waals surface area contributed by atoms with E-state index in [2.05, 4.69) is 22.6 Å². The van der Waals surface area contributed by atoms with E-state index in [4.69, 9.17) is 4.52 Å². The number of aromatic nitrogens is 1. The van der Waals surface area contributed by atoms with Crippen LogP contribution < -0.4 is 5.32 Å². The number of rotatable bonds is 6. The Morgan fingerprint density at radius 3 is 2.87 bits per heavy atom. The molecule has 0 radical (unpaired) electrons. The minimum absolute atomic E-state index is 0.103. The highest BCUT2D eigenvalue weighted by Crippen LogP contribution is 2.34. The van der Waals surface area contributed by atoms with Crippen LogP contribution in [0.4, 0.5) is 0 Å². The number of thiophene rings is 1. The van der Waals surface area contributed by atoms with Gasteiger partial charge in [-0.2, -0.15) is 0 Å². The first-order valence-corrected chi connectivity index (χ1v) is 11.9. The third kappa shape index (κ3) is 4.82. The van der Waals surface area contributed by atoms with Crippen molar-refractivity contribution >= 4 is 33.2 Å². The van der Waals surface area contributed by atoms with Crippen molar-refractivity contribution in [2.75, 3.05) is 6.54 Å². The quantitative estimate of drug-likeness (QED) is 0.603. The van der Waals surface area contributed by atoms with Gasteiger partial charge in [-0.05, 0) is 42.7 Å². The predicted molar refractivity (Wildman–Crippen MR) is 122 cm³/mol. The van der Waals surface area contributed by atoms with Gasteiger partial charge in [0.15, 0.2) is 5.76 Å². The van der Waals surface area contributed by atoms with Crippen LogP contribution in [0.5, 0.6) is 0 Å². The van der Waals surface area contributed by atoms with Crippen molar-refractivity contribution in [2.24, 2.45) is 0 Å². The van der Waals surface area contributed by atoms with Crippen molar-refractivity contribution < 1.29 is 14.1 Å². The van der Waals surface area contributed by atoms with E-state index in [1.165, 1.54) is 11.3 Å². The monoisotopic (exact) mass is 439 g/mol. The van der Waals surface area contributed by atoms with Gasteiger partial charge in [0.1, 0.15) is 0 Å². The molecule has 0 bridgehead atoms. The first-order valence-electron chi connectivity index (χ1n) is 11.1. The summed E-state index contributed by atoms with van der Waals surface area (Å²) in [6.07, 6.45) is 5.78. The normalized spacial score (nSPS) is 17.0. The molecular formula is C24H29N3O3S. The van der Waals surface area contributed by atoms with E-state index in [0.29, 0.717) is 18.7 Å². The second kappa shape index (κ2) is 9.64. The van der Waals surface area contributed by atoms with Crippen LogP contribution in [0.25, 0.3) is 10.1 Å². The SMILES string of the molecule is CCc1cc(CNC(=O)c2sc3ccccc3c2CC2CCCCCN2C(C)=O)on1. The van der Waals surface area contributed by atoms with Gasteiger partial charge in [0.25, 0.3) is 5.91 Å². The molecule has 1 saturated heterocycles. The lowest BCUT2D eigenvalue weighted by molar-refractivity contribution is -0.131. The Kier molecular flexibility index (Phi) is 6.70. The zero-order valence-corrected chi connectivity index (χ0v) is 19.0. The molecule has 2 amide bonds. The Morgan fingerprint density at radius 1 is 1.26 bits per heavy atom. The van der Waals surface area contributed by atoms with Gasteiger partial charge < -0.3 is 14.7 Å². The molecule has 1 aliphatic rings. The molecule has 1 unspecified atom stereocenters. The first kappa shape index (κ1) is 21.6. The molecule has 6 nitrogen and oxygen atoms in total. The fourth-order valence-electron chi connectivity index (χ4n) is 4.38. The molecule has 4 rings (SSSR count). The molecule has 0 spiro atoms. The highest BCUT2D eigenvalue weighted by atomic mass is 32.1. The summed E-state index contributed by atoms with van der Waals surface area (Å²) >= 11 is 1.52. The molecule has 1 fully saturated rings. The molecule has 3 aromatic rings. The standard InChI is InChI=1S/C24H29N3O3S/c1-3-17-13-19(30-26-17)15-25-24(29)23-21(20-10-6-7-11-22(20)31-23)14-18-9-5-4-8-12-27(18)16(2)28/h6-7,10-11,13,18H,3-5,8-9,12,14-15H2,1-2H3,(H,25,29). The number of nitrogens with one attached hydrogen (secondary N) is 1. The zero-order chi connectivity index (χ0) is 21.8. The molecule has 3 heterocycles. The second-order valence-corrected chi connectivity index (χ2v) is 9.20. The summed E-state index contributed by atoms with van der Waals surface area (Å²) in [6, 6.07) is 10.2. The molecule has 31 heavy (non-hydrogen) atoms. The van der Waals surface area contributed by atoms with Crippen molar-refractivity contribution in [1.29, 1.82) is 0 Å². The molecule has 0 saturated carbocycles. The maximum Gasteiger partial charge on any atom is 0.262 e. The molecule has 1 atom stereocenters. The number of likely N-dealkylation sites (tertiary alicyclic amines) is 1. The molecule has 2 aromatic heterocycles. The summed E-state index contributed by atoms with van der Waals surface area (Å²) < 4.78 is 6.40. The molecule has 1 N–H and O–H groups in total. The number of nitrogens with zero attached hydrogens (tertiary/aromatic N) is 2. The lowest BCUT2D eigenvalue weighted by Crippen LogP contribution is -2.40. The molecule has 0 aliphatic carbocycles. The van der Waals surface area contributed by atoms with Gasteiger partial charge in [-0.25, -0.2) is 0 Å². The van der Waals surface area contributed by atoms with Gasteiger partial charge in [-0.1, -0.05) is 43.1 Å². The molecule has 1 aromatic carbocycles. The Hall–Kier alpha value is -2.67. The van der Waals surface area contributed by atoms with Crippen LogP contribution >= 0.6 is 11.3 Å². The van der Waals surface area contributed by atoms with Gasteiger partial charge in [0, 0.05) is 30.3 Å². The largest absolute Gasteiger partial charge is 0.359 e. The minimum atomic E-state index is -0.103. The summed E-state index contributed by atoms with van der Waals surface area (Å²) in [5.74, 6) is 0.669. The highest BCUT2D eigenvalue weighted by molar-refractivity contribution is 7.21. The summed E-state index contributed by atoms with van der Waals surface area (Å²) in [6.45, 7) is 4.78. The van der Waals surface area contributed by atoms with E-state index in [1.807, 2.05) is 30.0 Å². The fraction of sp³-hybridized carbons (Fsp3) is 0.458. The van der Waals surface area contributed by atoms with Gasteiger partial charge in [-0.3, -0.25) is 9.59 Å². The van der Waals surface area contributed by atoms with E-state index < -0.39 is 0 Å². The molecular weight excluding hydrogens is 410 g/mol. The maximum atomic E-state index is 13.2. The Balaban J connectivity index is 1.60. The van der Waals surface area contributed by atoms with Gasteiger partial charge in [0.05, 0.1) is 17.1 Å². The van der Waals surface area contributed by atoms with Crippen LogP contribution in [0.15, 0.2) is 34.9 Å². The van der Waals surface area contributed by atoms with E-state index in [-0.39, 0.29) is 17.9 Å². The third-order valence-corrected chi connectivity index (χ3v) is 7.23. The van der Waals surface area contributed by atoms with Crippen LogP contribution in [0.1, 0.15) is 66.2 Å². The molecule has 1 aliphatic heterocycles. The molecule has 164 valence electrons. The summed E-state index contributed by atoms with van der Waals surface area (Å²) in [7, 11) is 0. The maximum absolute atomic E-state index is 13.2. The van der Waals surface area contributed by atoms with Crippen molar-refractivity contribution in [2.45, 2.75) is 65.0 Å². The first-order chi connectivity index (χ1) is 15.1. The summed E-state index contributed by atoms with van der Waals surface area (Å²) in [4.78, 5) is 28.2. The number of fused-ring (bicyclic) bond motifs is 1. The number of hydrogen-bond donors (Lipinski definition) is 1. The van der Waals surface area contributed by atoms with Gasteiger partial charge in [0.2, 0.25) is 5.91 Å². The van der Waals surface area contributed by atoms with E-state index in [0.717, 1.165) is 64.9 Å². The highest BCUT2D eigenvalue weighted by Gasteiger charge is 2.27. The number of carbonyl (C=O) groups is 2. The van der Waals surface area contributed by atoms with Crippen LogP contribution in [-0.4, -0.2) is 34.5 Å². The third-order valence-electron chi connectivity index (χ3n) is 6.02. The van der Waals surface area contributed by atoms with E-state index in [1.54, 1.807) is 6.92 Å². The topological polar surface area (TPSA) is 75.4 Å². The van der Waals surface area contributed by atoms with Crippen molar-refractivity contribution in [3.63, 3.8) is 0 Å². The van der Waals surface area contributed by atoms with E-state index >= 15 is 0 Å². The molecule has 7 heteroatoms. The van der Waals surface area contributed by atoms with Crippen LogP contribution in [0, 0.1) is 0 Å². The van der Waals surface area contributed by atoms with Crippen LogP contribution in [0.2, 0.25) is 0 Å². The fourth-order valence-corrected chi connectivity index (χ4v) is 5.53. The van der Waals surface area contributed by atoms with Crippen molar-refractivity contribution in [3.8, 4) is 0 Å². The Bertz CT molecular complexity index is 1070. The number of aryl methyl sites for hydroxylation is 1. The van der Waals surface area contributed by atoms with Crippen LogP contribution in [0.3, 0.4) is 0 Å². The summed E-state index contributed by atoms with van der Waals surface area (Å²) in [5.41, 5.74) is 1.92. The van der Waals surface area contributed by atoms with Gasteiger partial charge >= 0.3 is 0 Å². The van der Waals surface area contributed by atoms with Crippen LogP contribution in [-0.2, 0) is 24.2 Å². The van der Waals surface area contributed by atoms with Crippen molar-refractivity contribution in [3.05, 3.63) is 52.2 Å². The number of amides is 2. The minimum Gasteiger partial charge on any atom is -0.359 e. The number of benzene rings is 1. The average molecular weight is 440 g/mol. The summed E-state index contributed by atoms with van der Waals surface area (Å²) in [5, 5.41) is 8.09. The smallest absolute Gasteiger partial charge is 0.262 e. The van der Waals surface area contributed by atoms with Gasteiger partial charge in [-0.15, -0.1) is 11.3 Å². The lowest BCUT2D eigenvalue weighted by atomic mass is 9.98. The Morgan fingerprint density at radius 2 is 2.10 bits per heavy atom. The zero-order valence-electron chi connectivity index (χ0n) is 18.1. The predicted octanol–water partition coefficient (Wildman–Crippen LogP) is 4.72. The lowest BCUT2D eigenvalue weighted by Gasteiger charge is -2.29. The number of hydrogen-bond acceptors (Lipinski definition) is 5. The Labute approximate surface area is 186 Å². The number of carbonyl (C=O) groups excluding carboxylic acids is 2. The van der Waals surface area contributed by atoms with Crippen molar-refractivity contribution in [1.82, 2.24) is 15.4 Å². The average Bonchev–Trinajstić information content (AvgIpc) is 3.30.